The Labute approximate surface area is 150 Å². The molecule has 0 aliphatic rings. The van der Waals surface area contributed by atoms with E-state index in [1.165, 1.54) is 24.3 Å². The number of hydrogen-bond donors (Lipinski definition) is 2. The van der Waals surface area contributed by atoms with Crippen LogP contribution in [0.25, 0.3) is 6.08 Å². The molecule has 0 saturated carbocycles. The van der Waals surface area contributed by atoms with Crippen LogP contribution >= 0.6 is 0 Å². The average Bonchev–Trinajstić information content (AvgIpc) is 2.65. The van der Waals surface area contributed by atoms with Gasteiger partial charge in [0.2, 0.25) is 5.91 Å². The molecule has 0 saturated heterocycles. The maximum Gasteiger partial charge on any atom is 0.270 e. The standard InChI is InChI=1S/C19H19N3O4/c1-2-12-20-19(24)16-8-3-4-9-17(16)21-18(23)11-10-14-6-5-7-15(13-14)22(25)26/h3-11,13H,2,12H2,1H3,(H,20,24)(H,21,23)/b11-10+. The highest BCUT2D eigenvalue weighted by Gasteiger charge is 2.11. The van der Waals surface area contributed by atoms with Gasteiger partial charge in [-0.05, 0) is 30.2 Å². The minimum Gasteiger partial charge on any atom is -0.352 e. The SMILES string of the molecule is CCCNC(=O)c1ccccc1NC(=O)/C=C/c1cccc([N+](=O)[O-])c1. The van der Waals surface area contributed by atoms with Gasteiger partial charge in [-0.2, -0.15) is 0 Å². The number of amides is 2. The summed E-state index contributed by atoms with van der Waals surface area (Å²) in [5.41, 5.74) is 1.25. The molecule has 7 nitrogen and oxygen atoms in total. The molecule has 0 radical (unpaired) electrons. The number of rotatable bonds is 7. The number of nitro groups is 1. The van der Waals surface area contributed by atoms with E-state index >= 15 is 0 Å². The maximum absolute atomic E-state index is 12.1. The highest BCUT2D eigenvalue weighted by molar-refractivity contribution is 6.07. The Bertz CT molecular complexity index is 846. The first-order valence-corrected chi connectivity index (χ1v) is 8.12. The number of nitrogens with zero attached hydrogens (tertiary/aromatic N) is 1. The Morgan fingerprint density at radius 2 is 1.92 bits per heavy atom. The van der Waals surface area contributed by atoms with E-state index in [1.807, 2.05) is 6.92 Å². The molecule has 0 unspecified atom stereocenters. The number of anilines is 1. The molecule has 2 N–H and O–H groups in total. The molecule has 0 atom stereocenters. The van der Waals surface area contributed by atoms with Gasteiger partial charge < -0.3 is 10.6 Å². The Morgan fingerprint density at radius 1 is 1.15 bits per heavy atom. The Balaban J connectivity index is 2.09. The normalized spacial score (nSPS) is 10.5. The van der Waals surface area contributed by atoms with Gasteiger partial charge in [-0.1, -0.05) is 31.2 Å². The van der Waals surface area contributed by atoms with Crippen LogP contribution in [0.3, 0.4) is 0 Å². The van der Waals surface area contributed by atoms with Crippen molar-refractivity contribution >= 4 is 29.3 Å². The van der Waals surface area contributed by atoms with Crippen molar-refractivity contribution in [2.75, 3.05) is 11.9 Å². The summed E-state index contributed by atoms with van der Waals surface area (Å²) in [6.45, 7) is 2.50. The summed E-state index contributed by atoms with van der Waals surface area (Å²) >= 11 is 0. The van der Waals surface area contributed by atoms with Crippen LogP contribution in [-0.4, -0.2) is 23.3 Å². The molecule has 2 amide bonds. The molecule has 134 valence electrons. The lowest BCUT2D eigenvalue weighted by Crippen LogP contribution is -2.25. The molecule has 26 heavy (non-hydrogen) atoms. The highest BCUT2D eigenvalue weighted by atomic mass is 16.6. The van der Waals surface area contributed by atoms with E-state index in [4.69, 9.17) is 0 Å². The van der Waals surface area contributed by atoms with Gasteiger partial charge in [0.25, 0.3) is 11.6 Å². The number of nitro benzene ring substituents is 1. The fourth-order valence-electron chi connectivity index (χ4n) is 2.21. The summed E-state index contributed by atoms with van der Waals surface area (Å²) in [4.78, 5) is 34.5. The van der Waals surface area contributed by atoms with Gasteiger partial charge >= 0.3 is 0 Å². The Hall–Kier alpha value is -3.48. The van der Waals surface area contributed by atoms with E-state index < -0.39 is 10.8 Å². The predicted octanol–water partition coefficient (Wildman–Crippen LogP) is 3.39. The number of carbonyl (C=O) groups is 2. The number of carbonyl (C=O) groups excluding carboxylic acids is 2. The van der Waals surface area contributed by atoms with Crippen LogP contribution in [0.2, 0.25) is 0 Å². The van der Waals surface area contributed by atoms with Crippen LogP contribution in [0, 0.1) is 10.1 Å². The molecular formula is C19H19N3O4. The second-order valence-corrected chi connectivity index (χ2v) is 5.48. The molecule has 0 heterocycles. The fourth-order valence-corrected chi connectivity index (χ4v) is 2.21. The van der Waals surface area contributed by atoms with Crippen LogP contribution in [-0.2, 0) is 4.79 Å². The zero-order valence-corrected chi connectivity index (χ0v) is 14.3. The van der Waals surface area contributed by atoms with Gasteiger partial charge in [0.15, 0.2) is 0 Å². The van der Waals surface area contributed by atoms with Crippen molar-refractivity contribution < 1.29 is 14.5 Å². The number of hydrogen-bond acceptors (Lipinski definition) is 4. The topological polar surface area (TPSA) is 101 Å². The quantitative estimate of drug-likeness (QED) is 0.452. The zero-order valence-electron chi connectivity index (χ0n) is 14.3. The van der Waals surface area contributed by atoms with Gasteiger partial charge in [-0.3, -0.25) is 19.7 Å². The third kappa shape index (κ3) is 5.27. The first-order valence-electron chi connectivity index (χ1n) is 8.12. The van der Waals surface area contributed by atoms with E-state index in [0.29, 0.717) is 23.4 Å². The largest absolute Gasteiger partial charge is 0.352 e. The van der Waals surface area contributed by atoms with Crippen LogP contribution < -0.4 is 10.6 Å². The highest BCUT2D eigenvalue weighted by Crippen LogP contribution is 2.16. The number of benzene rings is 2. The van der Waals surface area contributed by atoms with Crippen molar-refractivity contribution in [3.05, 3.63) is 75.8 Å². The van der Waals surface area contributed by atoms with Crippen molar-refractivity contribution in [3.63, 3.8) is 0 Å². The molecule has 0 bridgehead atoms. The van der Waals surface area contributed by atoms with Crippen molar-refractivity contribution in [1.82, 2.24) is 5.32 Å². The predicted molar refractivity (Wildman–Crippen MR) is 99.8 cm³/mol. The lowest BCUT2D eigenvalue weighted by molar-refractivity contribution is -0.384. The molecule has 2 aromatic carbocycles. The number of non-ortho nitro benzene ring substituents is 1. The van der Waals surface area contributed by atoms with E-state index in [-0.39, 0.29) is 11.6 Å². The summed E-state index contributed by atoms with van der Waals surface area (Å²) in [6, 6.07) is 12.7. The summed E-state index contributed by atoms with van der Waals surface area (Å²) in [5.74, 6) is -0.697. The lowest BCUT2D eigenvalue weighted by Gasteiger charge is -2.09. The van der Waals surface area contributed by atoms with E-state index in [1.54, 1.807) is 36.4 Å². The molecule has 2 rings (SSSR count). The molecule has 0 spiro atoms. The Kier molecular flexibility index (Phi) is 6.61. The maximum atomic E-state index is 12.1. The van der Waals surface area contributed by atoms with E-state index in [0.717, 1.165) is 6.42 Å². The van der Waals surface area contributed by atoms with E-state index in [9.17, 15) is 19.7 Å². The smallest absolute Gasteiger partial charge is 0.270 e. The van der Waals surface area contributed by atoms with Gasteiger partial charge in [-0.15, -0.1) is 0 Å². The molecule has 0 fully saturated rings. The Morgan fingerprint density at radius 3 is 2.65 bits per heavy atom. The van der Waals surface area contributed by atoms with E-state index in [2.05, 4.69) is 10.6 Å². The summed E-state index contributed by atoms with van der Waals surface area (Å²) in [6.07, 6.45) is 3.55. The molecular weight excluding hydrogens is 334 g/mol. The van der Waals surface area contributed by atoms with Gasteiger partial charge in [0, 0.05) is 24.8 Å². The van der Waals surface area contributed by atoms with Gasteiger partial charge in [0.05, 0.1) is 16.2 Å². The second kappa shape index (κ2) is 9.12. The fraction of sp³-hybridized carbons (Fsp3) is 0.158. The van der Waals surface area contributed by atoms with Crippen molar-refractivity contribution in [2.45, 2.75) is 13.3 Å². The van der Waals surface area contributed by atoms with Crippen molar-refractivity contribution in [1.29, 1.82) is 0 Å². The van der Waals surface area contributed by atoms with Crippen LogP contribution in [0.5, 0.6) is 0 Å². The first-order chi connectivity index (χ1) is 12.5. The minimum atomic E-state index is -0.497. The summed E-state index contributed by atoms with van der Waals surface area (Å²) in [7, 11) is 0. The molecule has 0 aliphatic carbocycles. The van der Waals surface area contributed by atoms with Crippen LogP contribution in [0.1, 0.15) is 29.3 Å². The third-order valence-electron chi connectivity index (χ3n) is 3.47. The average molecular weight is 353 g/mol. The lowest BCUT2D eigenvalue weighted by atomic mass is 10.1. The van der Waals surface area contributed by atoms with Crippen molar-refractivity contribution in [3.8, 4) is 0 Å². The van der Waals surface area contributed by atoms with Crippen LogP contribution in [0.15, 0.2) is 54.6 Å². The monoisotopic (exact) mass is 353 g/mol. The number of nitrogens with one attached hydrogen (secondary N) is 2. The molecule has 0 aromatic heterocycles. The minimum absolute atomic E-state index is 0.0505. The second-order valence-electron chi connectivity index (χ2n) is 5.48. The summed E-state index contributed by atoms with van der Waals surface area (Å²) < 4.78 is 0. The zero-order chi connectivity index (χ0) is 18.9. The molecule has 7 heteroatoms. The molecule has 2 aromatic rings. The molecule has 0 aliphatic heterocycles. The van der Waals surface area contributed by atoms with Gasteiger partial charge in [-0.25, -0.2) is 0 Å². The summed E-state index contributed by atoms with van der Waals surface area (Å²) in [5, 5.41) is 16.2. The third-order valence-corrected chi connectivity index (χ3v) is 3.47. The van der Waals surface area contributed by atoms with Crippen LogP contribution in [0.4, 0.5) is 11.4 Å². The van der Waals surface area contributed by atoms with Crippen molar-refractivity contribution in [2.24, 2.45) is 0 Å². The number of para-hydroxylation sites is 1. The van der Waals surface area contributed by atoms with Gasteiger partial charge in [0.1, 0.15) is 0 Å². The first kappa shape index (κ1) is 18.9.